The Labute approximate surface area is 158 Å². The van der Waals surface area contributed by atoms with Crippen LogP contribution in [0.25, 0.3) is 0 Å². The molecule has 9 heteroatoms. The molecule has 0 radical (unpaired) electrons. The molecule has 0 heterocycles. The van der Waals surface area contributed by atoms with E-state index in [9.17, 15) is 14.9 Å². The molecule has 0 atom stereocenters. The first-order valence-corrected chi connectivity index (χ1v) is 8.02. The third-order valence-electron chi connectivity index (χ3n) is 3.09. The van der Waals surface area contributed by atoms with Crippen molar-refractivity contribution in [3.8, 4) is 11.5 Å². The number of carbonyl (C=O) groups excluding carboxylic acids is 1. The molecule has 2 aromatic rings. The van der Waals surface area contributed by atoms with Gasteiger partial charge in [-0.2, -0.15) is 0 Å². The Morgan fingerprint density at radius 3 is 2.62 bits per heavy atom. The Kier molecular flexibility index (Phi) is 6.97. The summed E-state index contributed by atoms with van der Waals surface area (Å²) in [5.74, 6) is -0.459. The van der Waals surface area contributed by atoms with E-state index in [4.69, 9.17) is 37.8 Å². The number of nitrogens with zero attached hydrogens (tertiary/aromatic N) is 1. The predicted octanol–water partition coefficient (Wildman–Crippen LogP) is 4.40. The molecule has 0 spiro atoms. The third kappa shape index (κ3) is 5.19. The molecule has 0 unspecified atom stereocenters. The molecule has 7 nitrogen and oxygen atoms in total. The molecule has 0 bridgehead atoms. The van der Waals surface area contributed by atoms with Gasteiger partial charge in [0.25, 0.3) is 5.69 Å². The van der Waals surface area contributed by atoms with Gasteiger partial charge in [-0.25, -0.2) is 4.79 Å². The molecule has 0 aliphatic heterocycles. The Balaban J connectivity index is 2.28. The van der Waals surface area contributed by atoms with Gasteiger partial charge < -0.3 is 14.6 Å². The van der Waals surface area contributed by atoms with Crippen molar-refractivity contribution >= 4 is 34.9 Å². The molecule has 0 saturated heterocycles. The zero-order valence-corrected chi connectivity index (χ0v) is 14.7. The second-order valence-electron chi connectivity index (χ2n) is 4.87. The number of rotatable bonds is 7. The second-order valence-corrected chi connectivity index (χ2v) is 5.71. The predicted molar refractivity (Wildman–Crippen MR) is 96.1 cm³/mol. The monoisotopic (exact) mass is 397 g/mol. The van der Waals surface area contributed by atoms with Crippen LogP contribution in [0.2, 0.25) is 10.0 Å². The highest BCUT2D eigenvalue weighted by Crippen LogP contribution is 2.33. The first-order valence-electron chi connectivity index (χ1n) is 7.26. The number of hydrogen-bond acceptors (Lipinski definition) is 6. The van der Waals surface area contributed by atoms with Crippen LogP contribution < -0.4 is 4.74 Å². The van der Waals surface area contributed by atoms with Gasteiger partial charge >= 0.3 is 5.97 Å². The zero-order chi connectivity index (χ0) is 19.1. The number of esters is 1. The number of nitro benzene ring substituents is 1. The lowest BCUT2D eigenvalue weighted by molar-refractivity contribution is -0.385. The van der Waals surface area contributed by atoms with Gasteiger partial charge in [-0.15, -0.1) is 0 Å². The fourth-order valence-electron chi connectivity index (χ4n) is 1.93. The van der Waals surface area contributed by atoms with E-state index in [1.54, 1.807) is 6.07 Å². The highest BCUT2D eigenvalue weighted by atomic mass is 35.5. The number of ether oxygens (including phenoxy) is 2. The van der Waals surface area contributed by atoms with Crippen molar-refractivity contribution in [1.82, 2.24) is 0 Å². The number of nitro groups is 1. The minimum atomic E-state index is -0.896. The molecule has 0 aliphatic carbocycles. The molecule has 26 heavy (non-hydrogen) atoms. The van der Waals surface area contributed by atoms with Crippen LogP contribution in [0, 0.1) is 10.1 Å². The average Bonchev–Trinajstić information content (AvgIpc) is 2.60. The van der Waals surface area contributed by atoms with Crippen molar-refractivity contribution in [2.24, 2.45) is 0 Å². The van der Waals surface area contributed by atoms with Crippen LogP contribution in [-0.2, 0) is 4.74 Å². The first-order chi connectivity index (χ1) is 12.4. The molecular weight excluding hydrogens is 385 g/mol. The third-order valence-corrected chi connectivity index (χ3v) is 3.62. The number of benzene rings is 2. The van der Waals surface area contributed by atoms with Crippen LogP contribution in [0.4, 0.5) is 5.69 Å². The minimum absolute atomic E-state index is 0.134. The van der Waals surface area contributed by atoms with E-state index >= 15 is 0 Å². The van der Waals surface area contributed by atoms with Crippen LogP contribution in [0.3, 0.4) is 0 Å². The minimum Gasteiger partial charge on any atom is -0.458 e. The summed E-state index contributed by atoms with van der Waals surface area (Å²) in [6, 6.07) is 8.25. The highest BCUT2D eigenvalue weighted by Gasteiger charge is 2.22. The van der Waals surface area contributed by atoms with E-state index in [1.165, 1.54) is 36.4 Å². The van der Waals surface area contributed by atoms with E-state index in [0.29, 0.717) is 5.02 Å². The largest absolute Gasteiger partial charge is 0.458 e. The maximum Gasteiger partial charge on any atom is 0.345 e. The molecule has 1 N–H and O–H groups in total. The van der Waals surface area contributed by atoms with Gasteiger partial charge in [0, 0.05) is 17.2 Å². The maximum absolute atomic E-state index is 12.1. The number of halogens is 2. The van der Waals surface area contributed by atoms with Crippen molar-refractivity contribution in [2.75, 3.05) is 13.2 Å². The van der Waals surface area contributed by atoms with E-state index in [2.05, 4.69) is 0 Å². The quantitative estimate of drug-likeness (QED) is 0.321. The average molecular weight is 398 g/mol. The van der Waals surface area contributed by atoms with Crippen molar-refractivity contribution in [3.05, 3.63) is 74.3 Å². The molecule has 2 rings (SSSR count). The summed E-state index contributed by atoms with van der Waals surface area (Å²) in [6.07, 6.45) is 2.79. The van der Waals surface area contributed by atoms with Crippen LogP contribution >= 0.6 is 23.2 Å². The van der Waals surface area contributed by atoms with Gasteiger partial charge in [-0.3, -0.25) is 10.1 Å². The Morgan fingerprint density at radius 2 is 1.96 bits per heavy atom. The van der Waals surface area contributed by atoms with E-state index in [1.807, 2.05) is 0 Å². The van der Waals surface area contributed by atoms with Gasteiger partial charge in [-0.1, -0.05) is 29.3 Å². The van der Waals surface area contributed by atoms with Gasteiger partial charge in [0.05, 0.1) is 16.6 Å². The lowest BCUT2D eigenvalue weighted by Gasteiger charge is -2.09. The lowest BCUT2D eigenvalue weighted by Crippen LogP contribution is -2.08. The SMILES string of the molecule is O=C(OC/C=C/CO)c1cc(Oc2ccc(Cl)cc2Cl)ccc1[N+](=O)[O-]. The number of carbonyl (C=O) groups is 1. The summed E-state index contributed by atoms with van der Waals surface area (Å²) in [5.41, 5.74) is -0.689. The van der Waals surface area contributed by atoms with E-state index in [0.717, 1.165) is 6.07 Å². The maximum atomic E-state index is 12.1. The molecule has 0 aromatic heterocycles. The van der Waals surface area contributed by atoms with Crippen LogP contribution in [-0.4, -0.2) is 29.2 Å². The molecule has 2 aromatic carbocycles. The summed E-state index contributed by atoms with van der Waals surface area (Å²) in [4.78, 5) is 22.6. The second kappa shape index (κ2) is 9.19. The van der Waals surface area contributed by atoms with E-state index in [-0.39, 0.29) is 35.3 Å². The summed E-state index contributed by atoms with van der Waals surface area (Å²) in [7, 11) is 0. The smallest absolute Gasteiger partial charge is 0.345 e. The van der Waals surface area contributed by atoms with Gasteiger partial charge in [-0.05, 0) is 30.3 Å². The molecule has 0 aliphatic rings. The number of hydrogen-bond donors (Lipinski definition) is 1. The zero-order valence-electron chi connectivity index (χ0n) is 13.2. The number of aliphatic hydroxyl groups is 1. The van der Waals surface area contributed by atoms with Crippen molar-refractivity contribution in [2.45, 2.75) is 0 Å². The molecule has 0 saturated carbocycles. The Bertz CT molecular complexity index is 853. The van der Waals surface area contributed by atoms with E-state index < -0.39 is 16.6 Å². The van der Waals surface area contributed by atoms with Crippen molar-refractivity contribution in [3.63, 3.8) is 0 Å². The summed E-state index contributed by atoms with van der Waals surface area (Å²) >= 11 is 11.8. The summed E-state index contributed by atoms with van der Waals surface area (Å²) < 4.78 is 10.5. The van der Waals surface area contributed by atoms with Crippen LogP contribution in [0.15, 0.2) is 48.6 Å². The fraction of sp³-hybridized carbons (Fsp3) is 0.118. The Hall–Kier alpha value is -2.61. The number of aliphatic hydroxyl groups excluding tert-OH is 1. The molecule has 0 amide bonds. The van der Waals surface area contributed by atoms with Crippen molar-refractivity contribution < 1.29 is 24.3 Å². The highest BCUT2D eigenvalue weighted by molar-refractivity contribution is 6.35. The van der Waals surface area contributed by atoms with Crippen LogP contribution in [0.1, 0.15) is 10.4 Å². The standard InChI is InChI=1S/C17H13Cl2NO6/c18-11-3-6-16(14(19)9-11)26-12-4-5-15(20(23)24)13(10-12)17(22)25-8-2-1-7-21/h1-6,9-10,21H,7-8H2/b2-1+. The lowest BCUT2D eigenvalue weighted by atomic mass is 10.1. The Morgan fingerprint density at radius 1 is 1.19 bits per heavy atom. The molecule has 0 fully saturated rings. The molecular formula is C17H13Cl2NO6. The van der Waals surface area contributed by atoms with Gasteiger partial charge in [0.15, 0.2) is 0 Å². The van der Waals surface area contributed by atoms with Gasteiger partial charge in [0.2, 0.25) is 0 Å². The summed E-state index contributed by atoms with van der Waals surface area (Å²) in [6.45, 7) is -0.340. The fourth-order valence-corrected chi connectivity index (χ4v) is 2.38. The normalized spacial score (nSPS) is 10.7. The topological polar surface area (TPSA) is 98.9 Å². The van der Waals surface area contributed by atoms with Gasteiger partial charge in [0.1, 0.15) is 23.7 Å². The summed E-state index contributed by atoms with van der Waals surface area (Å²) in [5, 5.41) is 20.4. The molecule has 136 valence electrons. The first kappa shape index (κ1) is 19.7. The van der Waals surface area contributed by atoms with Crippen LogP contribution in [0.5, 0.6) is 11.5 Å². The van der Waals surface area contributed by atoms with Crippen molar-refractivity contribution in [1.29, 1.82) is 0 Å².